The second-order valence-corrected chi connectivity index (χ2v) is 4.29. The van der Waals surface area contributed by atoms with Crippen LogP contribution >= 0.6 is 0 Å². The molecule has 1 aromatic carbocycles. The number of hydrogen-bond acceptors (Lipinski definition) is 3. The van der Waals surface area contributed by atoms with E-state index in [0.29, 0.717) is 12.1 Å². The van der Waals surface area contributed by atoms with Crippen LogP contribution in [0.15, 0.2) is 18.2 Å². The average Bonchev–Trinajstić information content (AvgIpc) is 2.82. The van der Waals surface area contributed by atoms with Crippen molar-refractivity contribution in [1.29, 1.82) is 5.26 Å². The van der Waals surface area contributed by atoms with E-state index < -0.39 is 0 Å². The number of rotatable bonds is 3. The van der Waals surface area contributed by atoms with Gasteiger partial charge < -0.3 is 10.6 Å². The summed E-state index contributed by atoms with van der Waals surface area (Å²) < 4.78 is 0. The number of anilines is 1. The van der Waals surface area contributed by atoms with E-state index >= 15 is 0 Å². The molecule has 1 amide bonds. The maximum absolute atomic E-state index is 11.8. The fraction of sp³-hybridized carbons (Fsp3) is 0.385. The maximum atomic E-state index is 11.8. The van der Waals surface area contributed by atoms with Gasteiger partial charge in [0.25, 0.3) is 5.91 Å². The Morgan fingerprint density at radius 3 is 3.24 bits per heavy atom. The van der Waals surface area contributed by atoms with Crippen molar-refractivity contribution in [2.75, 3.05) is 18.4 Å². The Hall–Kier alpha value is -2.02. The quantitative estimate of drug-likeness (QED) is 0.826. The first-order valence-corrected chi connectivity index (χ1v) is 5.75. The molecule has 4 nitrogen and oxygen atoms in total. The van der Waals surface area contributed by atoms with Gasteiger partial charge in [0.05, 0.1) is 12.0 Å². The van der Waals surface area contributed by atoms with Gasteiger partial charge >= 0.3 is 0 Å². The van der Waals surface area contributed by atoms with E-state index in [1.54, 1.807) is 6.92 Å². The van der Waals surface area contributed by atoms with E-state index in [0.717, 1.165) is 18.7 Å². The van der Waals surface area contributed by atoms with Gasteiger partial charge in [-0.2, -0.15) is 5.26 Å². The first-order chi connectivity index (χ1) is 8.20. The van der Waals surface area contributed by atoms with Crippen LogP contribution < -0.4 is 10.6 Å². The summed E-state index contributed by atoms with van der Waals surface area (Å²) in [6.07, 6.45) is 0.963. The molecule has 1 aliphatic rings. The summed E-state index contributed by atoms with van der Waals surface area (Å²) in [5, 5.41) is 14.6. The summed E-state index contributed by atoms with van der Waals surface area (Å²) in [4.78, 5) is 11.8. The second kappa shape index (κ2) is 4.88. The van der Waals surface area contributed by atoms with Crippen LogP contribution in [-0.4, -0.2) is 19.0 Å². The smallest absolute Gasteiger partial charge is 0.251 e. The molecule has 1 atom stereocenters. The first-order valence-electron chi connectivity index (χ1n) is 5.75. The minimum absolute atomic E-state index is 0.109. The Bertz CT molecular complexity index is 476. The lowest BCUT2D eigenvalue weighted by Gasteiger charge is -2.07. The predicted molar refractivity (Wildman–Crippen MR) is 65.7 cm³/mol. The van der Waals surface area contributed by atoms with Gasteiger partial charge in [-0.25, -0.2) is 0 Å². The van der Waals surface area contributed by atoms with Gasteiger partial charge in [-0.1, -0.05) is 0 Å². The average molecular weight is 229 g/mol. The first kappa shape index (κ1) is 11.5. The number of fused-ring (bicyclic) bond motifs is 1. The van der Waals surface area contributed by atoms with Crippen LogP contribution in [0.2, 0.25) is 0 Å². The molecular formula is C13H15N3O. The minimum Gasteiger partial charge on any atom is -0.384 e. The molecule has 0 bridgehead atoms. The van der Waals surface area contributed by atoms with E-state index in [4.69, 9.17) is 5.26 Å². The second-order valence-electron chi connectivity index (χ2n) is 4.29. The van der Waals surface area contributed by atoms with Gasteiger partial charge in [0.15, 0.2) is 0 Å². The maximum Gasteiger partial charge on any atom is 0.251 e. The number of nitrogens with zero attached hydrogens (tertiary/aromatic N) is 1. The molecule has 0 fully saturated rings. The Labute approximate surface area is 101 Å². The number of carbonyl (C=O) groups excluding carboxylic acids is 1. The Morgan fingerprint density at radius 1 is 1.65 bits per heavy atom. The summed E-state index contributed by atoms with van der Waals surface area (Å²) >= 11 is 0. The van der Waals surface area contributed by atoms with E-state index in [9.17, 15) is 4.79 Å². The van der Waals surface area contributed by atoms with Gasteiger partial charge in [0.2, 0.25) is 0 Å². The lowest BCUT2D eigenvalue weighted by atomic mass is 10.1. The van der Waals surface area contributed by atoms with Crippen molar-refractivity contribution >= 4 is 11.6 Å². The highest BCUT2D eigenvalue weighted by Crippen LogP contribution is 2.22. The minimum atomic E-state index is -0.157. The normalized spacial score (nSPS) is 14.4. The standard InChI is InChI=1S/C13H15N3O/c1-9(7-14)8-16-13(17)11-2-3-12-10(6-11)4-5-15-12/h2-3,6,9,15H,4-5,8H2,1H3,(H,16,17). The highest BCUT2D eigenvalue weighted by atomic mass is 16.1. The summed E-state index contributed by atoms with van der Waals surface area (Å²) in [6.45, 7) is 3.11. The Morgan fingerprint density at radius 2 is 2.47 bits per heavy atom. The van der Waals surface area contributed by atoms with E-state index in [-0.39, 0.29) is 11.8 Å². The number of carbonyl (C=O) groups is 1. The van der Waals surface area contributed by atoms with Crippen molar-refractivity contribution in [1.82, 2.24) is 5.32 Å². The Kier molecular flexibility index (Phi) is 3.29. The SMILES string of the molecule is CC(C#N)CNC(=O)c1ccc2c(c1)CCN2. The molecule has 1 unspecified atom stereocenters. The largest absolute Gasteiger partial charge is 0.384 e. The van der Waals surface area contributed by atoms with Gasteiger partial charge in [0, 0.05) is 24.3 Å². The van der Waals surface area contributed by atoms with Gasteiger partial charge in [-0.05, 0) is 37.1 Å². The molecule has 0 radical (unpaired) electrons. The fourth-order valence-electron chi connectivity index (χ4n) is 1.84. The molecule has 2 N–H and O–H groups in total. The van der Waals surface area contributed by atoms with Crippen LogP contribution in [0.4, 0.5) is 5.69 Å². The highest BCUT2D eigenvalue weighted by Gasteiger charge is 2.13. The number of nitrogens with one attached hydrogen (secondary N) is 2. The van der Waals surface area contributed by atoms with Crippen LogP contribution in [-0.2, 0) is 6.42 Å². The van der Waals surface area contributed by atoms with Crippen molar-refractivity contribution in [2.24, 2.45) is 5.92 Å². The lowest BCUT2D eigenvalue weighted by Crippen LogP contribution is -2.27. The molecule has 88 valence electrons. The number of amides is 1. The molecule has 0 saturated carbocycles. The molecule has 1 aliphatic heterocycles. The summed E-state index contributed by atoms with van der Waals surface area (Å²) in [5.74, 6) is -0.267. The number of benzene rings is 1. The zero-order chi connectivity index (χ0) is 12.3. The molecule has 17 heavy (non-hydrogen) atoms. The van der Waals surface area contributed by atoms with Crippen LogP contribution in [0.25, 0.3) is 0 Å². The molecular weight excluding hydrogens is 214 g/mol. The Balaban J connectivity index is 2.03. The molecule has 0 aromatic heterocycles. The van der Waals surface area contributed by atoms with Gasteiger partial charge in [0.1, 0.15) is 0 Å². The molecule has 4 heteroatoms. The van der Waals surface area contributed by atoms with Gasteiger partial charge in [-0.15, -0.1) is 0 Å². The lowest BCUT2D eigenvalue weighted by molar-refractivity contribution is 0.0950. The molecule has 0 spiro atoms. The molecule has 2 rings (SSSR count). The topological polar surface area (TPSA) is 64.9 Å². The molecule has 1 heterocycles. The van der Waals surface area contributed by atoms with Crippen molar-refractivity contribution in [3.63, 3.8) is 0 Å². The molecule has 0 aliphatic carbocycles. The van der Waals surface area contributed by atoms with Crippen LogP contribution in [0.1, 0.15) is 22.8 Å². The summed E-state index contributed by atoms with van der Waals surface area (Å²) in [6, 6.07) is 7.75. The van der Waals surface area contributed by atoms with E-state index in [1.807, 2.05) is 18.2 Å². The van der Waals surface area contributed by atoms with E-state index in [1.165, 1.54) is 5.56 Å². The monoisotopic (exact) mass is 229 g/mol. The van der Waals surface area contributed by atoms with Crippen LogP contribution in [0.5, 0.6) is 0 Å². The van der Waals surface area contributed by atoms with Crippen molar-refractivity contribution in [3.05, 3.63) is 29.3 Å². The highest BCUT2D eigenvalue weighted by molar-refractivity contribution is 5.95. The van der Waals surface area contributed by atoms with Crippen molar-refractivity contribution in [3.8, 4) is 6.07 Å². The zero-order valence-electron chi connectivity index (χ0n) is 9.79. The molecule has 1 aromatic rings. The number of hydrogen-bond donors (Lipinski definition) is 2. The van der Waals surface area contributed by atoms with E-state index in [2.05, 4.69) is 16.7 Å². The summed E-state index contributed by atoms with van der Waals surface area (Å²) in [7, 11) is 0. The molecule has 0 saturated heterocycles. The fourth-order valence-corrected chi connectivity index (χ4v) is 1.84. The third kappa shape index (κ3) is 2.56. The van der Waals surface area contributed by atoms with Crippen LogP contribution in [0, 0.1) is 17.2 Å². The third-order valence-corrected chi connectivity index (χ3v) is 2.87. The van der Waals surface area contributed by atoms with Gasteiger partial charge in [-0.3, -0.25) is 4.79 Å². The predicted octanol–water partition coefficient (Wildman–Crippen LogP) is 1.54. The number of nitriles is 1. The summed E-state index contributed by atoms with van der Waals surface area (Å²) in [5.41, 5.74) is 2.97. The third-order valence-electron chi connectivity index (χ3n) is 2.87. The zero-order valence-corrected chi connectivity index (χ0v) is 9.79. The van der Waals surface area contributed by atoms with Crippen LogP contribution in [0.3, 0.4) is 0 Å². The van der Waals surface area contributed by atoms with Crippen molar-refractivity contribution in [2.45, 2.75) is 13.3 Å². The van der Waals surface area contributed by atoms with Crippen molar-refractivity contribution < 1.29 is 4.79 Å².